The van der Waals surface area contributed by atoms with Crippen molar-refractivity contribution < 1.29 is 19.4 Å². The number of nitriles is 1. The topological polar surface area (TPSA) is 111 Å². The van der Waals surface area contributed by atoms with Crippen LogP contribution >= 0.6 is 0 Å². The summed E-state index contributed by atoms with van der Waals surface area (Å²) in [7, 11) is 0. The lowest BCUT2D eigenvalue weighted by Crippen LogP contribution is -2.49. The lowest BCUT2D eigenvalue weighted by atomic mass is 9.83. The van der Waals surface area contributed by atoms with E-state index in [-0.39, 0.29) is 24.3 Å². The van der Waals surface area contributed by atoms with Gasteiger partial charge in [-0.25, -0.2) is 4.79 Å². The van der Waals surface area contributed by atoms with E-state index in [1.807, 2.05) is 30.3 Å². The van der Waals surface area contributed by atoms with Crippen LogP contribution in [0.15, 0.2) is 54.6 Å². The number of ether oxygens (including phenoxy) is 1. The van der Waals surface area contributed by atoms with Gasteiger partial charge in [0.05, 0.1) is 12.0 Å². The van der Waals surface area contributed by atoms with Crippen molar-refractivity contribution in [2.45, 2.75) is 44.4 Å². The Bertz CT molecular complexity index is 910. The molecule has 30 heavy (non-hydrogen) atoms. The molecule has 0 radical (unpaired) electrons. The maximum absolute atomic E-state index is 12.9. The molecule has 3 N–H and O–H groups in total. The van der Waals surface area contributed by atoms with Crippen molar-refractivity contribution in [3.05, 3.63) is 65.7 Å². The summed E-state index contributed by atoms with van der Waals surface area (Å²) < 4.78 is 5.28. The molecule has 3 rings (SSSR count). The molecule has 156 valence electrons. The summed E-state index contributed by atoms with van der Waals surface area (Å²) in [5.41, 5.74) is 1.39. The van der Waals surface area contributed by atoms with Crippen molar-refractivity contribution in [1.82, 2.24) is 10.6 Å². The van der Waals surface area contributed by atoms with E-state index in [1.54, 1.807) is 12.1 Å². The normalized spacial score (nSPS) is 19.2. The Morgan fingerprint density at radius 2 is 1.90 bits per heavy atom. The van der Waals surface area contributed by atoms with E-state index in [9.17, 15) is 20.0 Å². The Morgan fingerprint density at radius 3 is 2.63 bits per heavy atom. The van der Waals surface area contributed by atoms with Gasteiger partial charge in [0.15, 0.2) is 0 Å². The predicted molar refractivity (Wildman–Crippen MR) is 110 cm³/mol. The number of carbonyl (C=O) groups is 2. The van der Waals surface area contributed by atoms with Crippen molar-refractivity contribution in [2.24, 2.45) is 5.92 Å². The first-order valence-electron chi connectivity index (χ1n) is 10.0. The number of phenols is 1. The average molecular weight is 407 g/mol. The molecular weight excluding hydrogens is 382 g/mol. The molecule has 1 saturated carbocycles. The quantitative estimate of drug-likeness (QED) is 0.678. The first-order chi connectivity index (χ1) is 14.6. The van der Waals surface area contributed by atoms with Crippen LogP contribution in [0.2, 0.25) is 0 Å². The SMILES string of the molecule is N#CC(NC(=O)[C@H]1CCCC[C@@H]1NC(=O)OCc1ccccc1)c1cccc(O)c1. The second-order valence-electron chi connectivity index (χ2n) is 7.37. The summed E-state index contributed by atoms with van der Waals surface area (Å²) in [6, 6.07) is 16.4. The number of alkyl carbamates (subject to hydrolysis) is 1. The van der Waals surface area contributed by atoms with Gasteiger partial charge in [-0.05, 0) is 36.1 Å². The Hall–Kier alpha value is -3.53. The van der Waals surface area contributed by atoms with Gasteiger partial charge < -0.3 is 20.5 Å². The molecular formula is C23H25N3O4. The molecule has 0 aromatic heterocycles. The first kappa shape index (κ1) is 21.2. The third-order valence-corrected chi connectivity index (χ3v) is 5.24. The largest absolute Gasteiger partial charge is 0.508 e. The number of hydrogen-bond acceptors (Lipinski definition) is 5. The maximum atomic E-state index is 12.9. The summed E-state index contributed by atoms with van der Waals surface area (Å²) in [6.45, 7) is 0.157. The molecule has 1 fully saturated rings. The second-order valence-corrected chi connectivity index (χ2v) is 7.37. The fourth-order valence-electron chi connectivity index (χ4n) is 3.68. The fraction of sp³-hybridized carbons (Fsp3) is 0.348. The van der Waals surface area contributed by atoms with Crippen LogP contribution in [-0.2, 0) is 16.1 Å². The van der Waals surface area contributed by atoms with Crippen molar-refractivity contribution in [1.29, 1.82) is 5.26 Å². The van der Waals surface area contributed by atoms with Crippen LogP contribution in [0, 0.1) is 17.2 Å². The molecule has 2 aromatic rings. The van der Waals surface area contributed by atoms with Crippen molar-refractivity contribution in [3.8, 4) is 11.8 Å². The summed E-state index contributed by atoms with van der Waals surface area (Å²) >= 11 is 0. The van der Waals surface area contributed by atoms with Gasteiger partial charge in [0.2, 0.25) is 5.91 Å². The Kier molecular flexibility index (Phi) is 7.28. The zero-order valence-corrected chi connectivity index (χ0v) is 16.6. The van der Waals surface area contributed by atoms with Gasteiger partial charge in [0.25, 0.3) is 0 Å². The smallest absolute Gasteiger partial charge is 0.407 e. The Balaban J connectivity index is 1.59. The first-order valence-corrected chi connectivity index (χ1v) is 10.0. The minimum atomic E-state index is -0.878. The van der Waals surface area contributed by atoms with E-state index in [4.69, 9.17) is 4.74 Å². The van der Waals surface area contributed by atoms with Gasteiger partial charge in [-0.2, -0.15) is 5.26 Å². The molecule has 2 amide bonds. The fourth-order valence-corrected chi connectivity index (χ4v) is 3.68. The molecule has 1 aliphatic rings. The van der Waals surface area contributed by atoms with Crippen LogP contribution in [0.25, 0.3) is 0 Å². The Labute approximate surface area is 175 Å². The molecule has 0 saturated heterocycles. The summed E-state index contributed by atoms with van der Waals surface area (Å²) in [5, 5.41) is 24.7. The van der Waals surface area contributed by atoms with E-state index < -0.39 is 18.1 Å². The zero-order valence-electron chi connectivity index (χ0n) is 16.6. The number of hydrogen-bond donors (Lipinski definition) is 3. The molecule has 0 bridgehead atoms. The molecule has 2 aromatic carbocycles. The van der Waals surface area contributed by atoms with Crippen molar-refractivity contribution >= 4 is 12.0 Å². The highest BCUT2D eigenvalue weighted by Crippen LogP contribution is 2.26. The van der Waals surface area contributed by atoms with Gasteiger partial charge in [-0.3, -0.25) is 4.79 Å². The number of amides is 2. The molecule has 7 heteroatoms. The number of phenolic OH excluding ortho intramolecular Hbond substituents is 1. The van der Waals surface area contributed by atoms with Crippen LogP contribution in [0.5, 0.6) is 5.75 Å². The minimum Gasteiger partial charge on any atom is -0.508 e. The molecule has 7 nitrogen and oxygen atoms in total. The standard InChI is InChI=1S/C23H25N3O4/c24-14-21(17-9-6-10-18(27)13-17)25-22(28)19-11-4-5-12-20(19)26-23(29)30-15-16-7-2-1-3-8-16/h1-3,6-10,13,19-21,27H,4-5,11-12,15H2,(H,25,28)(H,26,29)/t19-,20-,21?/m0/s1. The molecule has 1 unspecified atom stereocenters. The van der Waals surface area contributed by atoms with Gasteiger partial charge in [0, 0.05) is 6.04 Å². The number of nitrogens with zero attached hydrogens (tertiary/aromatic N) is 1. The highest BCUT2D eigenvalue weighted by molar-refractivity contribution is 5.81. The predicted octanol–water partition coefficient (Wildman–Crippen LogP) is 3.56. The lowest BCUT2D eigenvalue weighted by molar-refractivity contribution is -0.127. The maximum Gasteiger partial charge on any atom is 0.407 e. The summed E-state index contributed by atoms with van der Waals surface area (Å²) in [4.78, 5) is 25.1. The second kappa shape index (κ2) is 10.3. The van der Waals surface area contributed by atoms with Crippen LogP contribution in [-0.4, -0.2) is 23.1 Å². The van der Waals surface area contributed by atoms with Gasteiger partial charge in [0.1, 0.15) is 18.4 Å². The monoisotopic (exact) mass is 407 g/mol. The Morgan fingerprint density at radius 1 is 1.13 bits per heavy atom. The van der Waals surface area contributed by atoms with Gasteiger partial charge >= 0.3 is 6.09 Å². The number of benzene rings is 2. The van der Waals surface area contributed by atoms with E-state index in [0.717, 1.165) is 18.4 Å². The zero-order chi connectivity index (χ0) is 21.3. The highest BCUT2D eigenvalue weighted by atomic mass is 16.5. The van der Waals surface area contributed by atoms with Crippen LogP contribution in [0.1, 0.15) is 42.9 Å². The van der Waals surface area contributed by atoms with Crippen molar-refractivity contribution in [2.75, 3.05) is 0 Å². The molecule has 0 heterocycles. The molecule has 0 aliphatic heterocycles. The van der Waals surface area contributed by atoms with E-state index in [1.165, 1.54) is 12.1 Å². The number of nitrogens with one attached hydrogen (secondary N) is 2. The lowest BCUT2D eigenvalue weighted by Gasteiger charge is -2.31. The minimum absolute atomic E-state index is 0.0281. The van der Waals surface area contributed by atoms with Crippen LogP contribution in [0.4, 0.5) is 4.79 Å². The van der Waals surface area contributed by atoms with E-state index in [0.29, 0.717) is 18.4 Å². The number of carbonyl (C=O) groups excluding carboxylic acids is 2. The number of aromatic hydroxyl groups is 1. The van der Waals surface area contributed by atoms with E-state index in [2.05, 4.69) is 16.7 Å². The summed E-state index contributed by atoms with van der Waals surface area (Å²) in [5.74, 6) is -0.713. The van der Waals surface area contributed by atoms with E-state index >= 15 is 0 Å². The molecule has 1 aliphatic carbocycles. The summed E-state index contributed by atoms with van der Waals surface area (Å²) in [6.07, 6.45) is 2.50. The highest BCUT2D eigenvalue weighted by Gasteiger charge is 2.33. The van der Waals surface area contributed by atoms with Crippen LogP contribution in [0.3, 0.4) is 0 Å². The third kappa shape index (κ3) is 5.74. The van der Waals surface area contributed by atoms with Gasteiger partial charge in [-0.15, -0.1) is 0 Å². The van der Waals surface area contributed by atoms with Crippen LogP contribution < -0.4 is 10.6 Å². The molecule has 0 spiro atoms. The average Bonchev–Trinajstić information content (AvgIpc) is 2.77. The third-order valence-electron chi connectivity index (χ3n) is 5.24. The molecule has 3 atom stereocenters. The van der Waals surface area contributed by atoms with Gasteiger partial charge in [-0.1, -0.05) is 55.3 Å². The number of rotatable bonds is 6. The van der Waals surface area contributed by atoms with Crippen molar-refractivity contribution in [3.63, 3.8) is 0 Å².